The predicted molar refractivity (Wildman–Crippen MR) is 108 cm³/mol. The van der Waals surface area contributed by atoms with E-state index in [0.29, 0.717) is 0 Å². The third-order valence-corrected chi connectivity index (χ3v) is 3.89. The molecule has 27 heavy (non-hydrogen) atoms. The number of hydrazone groups is 1. The number of nitrogens with zero attached hydrogens (tertiary/aromatic N) is 4. The number of aromatic nitrogens is 3. The molecule has 1 N–H and O–H groups in total. The second-order valence-corrected chi connectivity index (χ2v) is 5.84. The van der Waals surface area contributed by atoms with Crippen LogP contribution in [0.1, 0.15) is 5.56 Å². The molecule has 0 bridgehead atoms. The predicted octanol–water partition coefficient (Wildman–Crippen LogP) is 4.65. The molecule has 0 saturated carbocycles. The van der Waals surface area contributed by atoms with Crippen molar-refractivity contribution >= 4 is 11.9 Å². The van der Waals surface area contributed by atoms with E-state index in [2.05, 4.69) is 20.5 Å². The summed E-state index contributed by atoms with van der Waals surface area (Å²) in [6.07, 6.45) is 5.29. The summed E-state index contributed by atoms with van der Waals surface area (Å²) in [5.74, 6) is 0. The van der Waals surface area contributed by atoms with E-state index in [-0.39, 0.29) is 0 Å². The molecule has 4 aromatic rings. The van der Waals surface area contributed by atoms with Crippen LogP contribution in [-0.4, -0.2) is 21.2 Å². The number of nitrogens with one attached hydrogen (secondary N) is 1. The van der Waals surface area contributed by atoms with Crippen molar-refractivity contribution in [3.63, 3.8) is 0 Å². The van der Waals surface area contributed by atoms with Crippen molar-refractivity contribution in [2.24, 2.45) is 5.10 Å². The molecule has 3 aromatic heterocycles. The highest BCUT2D eigenvalue weighted by molar-refractivity contribution is 5.80. The monoisotopic (exact) mass is 351 g/mol. The highest BCUT2D eigenvalue weighted by Crippen LogP contribution is 2.25. The van der Waals surface area contributed by atoms with Crippen LogP contribution in [0.2, 0.25) is 0 Å². The molecule has 0 aliphatic carbocycles. The summed E-state index contributed by atoms with van der Waals surface area (Å²) in [6.45, 7) is 0. The molecule has 1 aromatic carbocycles. The first kappa shape index (κ1) is 16.6. The molecule has 4 rings (SSSR count). The van der Waals surface area contributed by atoms with Crippen molar-refractivity contribution in [2.75, 3.05) is 5.43 Å². The number of hydrogen-bond acceptors (Lipinski definition) is 5. The van der Waals surface area contributed by atoms with Crippen LogP contribution < -0.4 is 5.43 Å². The summed E-state index contributed by atoms with van der Waals surface area (Å²) in [4.78, 5) is 13.5. The van der Waals surface area contributed by atoms with E-state index in [1.165, 1.54) is 0 Å². The van der Waals surface area contributed by atoms with E-state index in [9.17, 15) is 0 Å². The van der Waals surface area contributed by atoms with Crippen LogP contribution in [0, 0.1) is 0 Å². The zero-order valence-electron chi connectivity index (χ0n) is 14.5. The topological polar surface area (TPSA) is 63.1 Å². The third-order valence-electron chi connectivity index (χ3n) is 3.89. The van der Waals surface area contributed by atoms with E-state index >= 15 is 0 Å². The Balaban J connectivity index is 1.69. The third kappa shape index (κ3) is 4.22. The zero-order valence-corrected chi connectivity index (χ0v) is 14.5. The fourth-order valence-corrected chi connectivity index (χ4v) is 2.61. The summed E-state index contributed by atoms with van der Waals surface area (Å²) >= 11 is 0. The smallest absolute Gasteiger partial charge is 0.0915 e. The van der Waals surface area contributed by atoms with Gasteiger partial charge in [-0.3, -0.25) is 15.4 Å². The molecule has 0 atom stereocenters. The van der Waals surface area contributed by atoms with Gasteiger partial charge in [0.25, 0.3) is 0 Å². The Bertz CT molecular complexity index is 974. The molecule has 3 heterocycles. The Hall–Kier alpha value is -3.86. The summed E-state index contributed by atoms with van der Waals surface area (Å²) in [6, 6.07) is 25.3. The minimum atomic E-state index is 0.760. The van der Waals surface area contributed by atoms with Gasteiger partial charge in [-0.05, 0) is 42.0 Å². The van der Waals surface area contributed by atoms with Gasteiger partial charge in [-0.2, -0.15) is 5.10 Å². The molecule has 0 fully saturated rings. The Morgan fingerprint density at radius 3 is 1.81 bits per heavy atom. The van der Waals surface area contributed by atoms with Crippen molar-refractivity contribution in [3.8, 4) is 22.8 Å². The Morgan fingerprint density at radius 2 is 1.26 bits per heavy atom. The molecule has 130 valence electrons. The maximum absolute atomic E-state index is 4.72. The molecular formula is C22H17N5. The quantitative estimate of drug-likeness (QED) is 0.420. The van der Waals surface area contributed by atoms with Gasteiger partial charge in [0.1, 0.15) is 0 Å². The fourth-order valence-electron chi connectivity index (χ4n) is 2.61. The van der Waals surface area contributed by atoms with Crippen LogP contribution in [0.15, 0.2) is 96.4 Å². The molecule has 0 amide bonds. The first-order valence-electron chi connectivity index (χ1n) is 8.57. The van der Waals surface area contributed by atoms with E-state index in [1.54, 1.807) is 18.6 Å². The fraction of sp³-hybridized carbons (Fsp3) is 0. The first-order chi connectivity index (χ1) is 13.4. The minimum Gasteiger partial charge on any atom is -0.278 e. The second kappa shape index (κ2) is 8.01. The number of benzene rings is 1. The zero-order chi connectivity index (χ0) is 18.3. The number of pyridine rings is 3. The Morgan fingerprint density at radius 1 is 0.667 bits per heavy atom. The van der Waals surface area contributed by atoms with Crippen molar-refractivity contribution in [3.05, 3.63) is 96.8 Å². The number of anilines is 1. The van der Waals surface area contributed by atoms with Gasteiger partial charge in [0.05, 0.1) is 34.7 Å². The number of rotatable bonds is 5. The van der Waals surface area contributed by atoms with Gasteiger partial charge >= 0.3 is 0 Å². The lowest BCUT2D eigenvalue weighted by Crippen LogP contribution is -1.96. The summed E-state index contributed by atoms with van der Waals surface area (Å²) in [7, 11) is 0. The molecule has 0 unspecified atom stereocenters. The van der Waals surface area contributed by atoms with Gasteiger partial charge in [0, 0.05) is 12.4 Å². The van der Waals surface area contributed by atoms with Crippen molar-refractivity contribution in [2.45, 2.75) is 0 Å². The molecule has 5 heteroatoms. The highest BCUT2D eigenvalue weighted by Gasteiger charge is 2.08. The van der Waals surface area contributed by atoms with Crippen LogP contribution in [-0.2, 0) is 0 Å². The van der Waals surface area contributed by atoms with Gasteiger partial charge in [-0.25, -0.2) is 4.98 Å². The Labute approximate surface area is 157 Å². The van der Waals surface area contributed by atoms with Crippen molar-refractivity contribution in [1.29, 1.82) is 0 Å². The van der Waals surface area contributed by atoms with Gasteiger partial charge in [-0.15, -0.1) is 0 Å². The lowest BCUT2D eigenvalue weighted by molar-refractivity contribution is 1.21. The minimum absolute atomic E-state index is 0.760. The highest BCUT2D eigenvalue weighted by atomic mass is 15.3. The molecule has 5 nitrogen and oxygen atoms in total. The summed E-state index contributed by atoms with van der Waals surface area (Å²) < 4.78 is 0. The summed E-state index contributed by atoms with van der Waals surface area (Å²) in [5.41, 5.74) is 8.04. The molecular weight excluding hydrogens is 334 g/mol. The van der Waals surface area contributed by atoms with Crippen molar-refractivity contribution in [1.82, 2.24) is 15.0 Å². The van der Waals surface area contributed by atoms with Crippen LogP contribution in [0.5, 0.6) is 0 Å². The van der Waals surface area contributed by atoms with Gasteiger partial charge < -0.3 is 0 Å². The largest absolute Gasteiger partial charge is 0.278 e. The average Bonchev–Trinajstić information content (AvgIpc) is 2.76. The Kier molecular flexibility index (Phi) is 4.93. The van der Waals surface area contributed by atoms with E-state index < -0.39 is 0 Å². The van der Waals surface area contributed by atoms with E-state index in [4.69, 9.17) is 4.98 Å². The lowest BCUT2D eigenvalue weighted by atomic mass is 10.1. The number of hydrogen-bond donors (Lipinski definition) is 1. The molecule has 0 spiro atoms. The molecule has 0 radical (unpaired) electrons. The summed E-state index contributed by atoms with van der Waals surface area (Å²) in [5, 5.41) is 4.34. The van der Waals surface area contributed by atoms with Crippen LogP contribution in [0.4, 0.5) is 5.69 Å². The normalized spacial score (nSPS) is 10.8. The van der Waals surface area contributed by atoms with Crippen LogP contribution >= 0.6 is 0 Å². The molecule has 0 aliphatic heterocycles. The first-order valence-corrected chi connectivity index (χ1v) is 8.57. The van der Waals surface area contributed by atoms with Crippen molar-refractivity contribution < 1.29 is 0 Å². The van der Waals surface area contributed by atoms with E-state index in [1.807, 2.05) is 78.9 Å². The van der Waals surface area contributed by atoms with Gasteiger partial charge in [-0.1, -0.05) is 42.5 Å². The van der Waals surface area contributed by atoms with E-state index in [0.717, 1.165) is 34.0 Å². The van der Waals surface area contributed by atoms with Crippen LogP contribution in [0.25, 0.3) is 22.8 Å². The van der Waals surface area contributed by atoms with Gasteiger partial charge in [0.2, 0.25) is 0 Å². The SMILES string of the molecule is C(=N\Nc1cc(-c2ccccn2)nc(-c2ccccn2)c1)/c1ccccc1. The maximum atomic E-state index is 4.72. The lowest BCUT2D eigenvalue weighted by Gasteiger charge is -2.08. The van der Waals surface area contributed by atoms with Gasteiger partial charge in [0.15, 0.2) is 0 Å². The van der Waals surface area contributed by atoms with Crippen LogP contribution in [0.3, 0.4) is 0 Å². The average molecular weight is 351 g/mol. The molecule has 0 saturated heterocycles. The maximum Gasteiger partial charge on any atom is 0.0915 e. The standard InChI is InChI=1S/C22H17N5/c1-2-8-17(9-3-1)16-25-27-18-14-21(19-10-4-6-12-23-19)26-22(15-18)20-11-5-7-13-24-20/h1-16H,(H,26,27)/b25-16+. The second-order valence-electron chi connectivity index (χ2n) is 5.84. The molecule has 0 aliphatic rings.